The molecule has 1 atom stereocenters. The molecule has 14 heavy (non-hydrogen) atoms. The van der Waals surface area contributed by atoms with Crippen LogP contribution in [0.25, 0.3) is 0 Å². The molecule has 0 aromatic heterocycles. The topological polar surface area (TPSA) is 70.0 Å². The quantitative estimate of drug-likeness (QED) is 0.865. The molecule has 1 aromatic rings. The van der Waals surface area contributed by atoms with Gasteiger partial charge in [-0.1, -0.05) is 28.1 Å². The van der Waals surface area contributed by atoms with Crippen LogP contribution in [0.3, 0.4) is 0 Å². The van der Waals surface area contributed by atoms with Gasteiger partial charge in [-0.05, 0) is 17.2 Å². The maximum absolute atomic E-state index is 9.53. The molecule has 0 aliphatic rings. The Bertz CT molecular complexity index is 360. The largest absolute Gasteiger partial charge is 0.387 e. The molecule has 4 heteroatoms. The molecular formula is C10H11BrN2O. The molecule has 0 radical (unpaired) electrons. The summed E-state index contributed by atoms with van der Waals surface area (Å²) in [4.78, 5) is 0. The predicted molar refractivity (Wildman–Crippen MR) is 57.2 cm³/mol. The Morgan fingerprint density at radius 3 is 2.79 bits per heavy atom. The first-order valence-corrected chi connectivity index (χ1v) is 5.01. The molecular weight excluding hydrogens is 244 g/mol. The zero-order chi connectivity index (χ0) is 10.6. The van der Waals surface area contributed by atoms with Crippen LogP contribution in [0.4, 0.5) is 0 Å². The maximum atomic E-state index is 9.53. The van der Waals surface area contributed by atoms with Crippen molar-refractivity contribution in [2.45, 2.75) is 19.1 Å². The highest BCUT2D eigenvalue weighted by Crippen LogP contribution is 2.23. The molecule has 1 aromatic carbocycles. The van der Waals surface area contributed by atoms with E-state index in [0.29, 0.717) is 6.54 Å². The number of aliphatic hydroxyl groups excluding tert-OH is 1. The first kappa shape index (κ1) is 11.2. The van der Waals surface area contributed by atoms with Crippen molar-refractivity contribution >= 4 is 15.9 Å². The van der Waals surface area contributed by atoms with E-state index in [0.717, 1.165) is 15.6 Å². The van der Waals surface area contributed by atoms with Gasteiger partial charge in [-0.3, -0.25) is 0 Å². The van der Waals surface area contributed by atoms with Crippen molar-refractivity contribution in [3.63, 3.8) is 0 Å². The summed E-state index contributed by atoms with van der Waals surface area (Å²) in [7, 11) is 0. The van der Waals surface area contributed by atoms with Gasteiger partial charge in [0.05, 0.1) is 18.6 Å². The third kappa shape index (κ3) is 2.55. The minimum atomic E-state index is -0.719. The van der Waals surface area contributed by atoms with E-state index in [-0.39, 0.29) is 6.42 Å². The first-order chi connectivity index (χ1) is 6.69. The van der Waals surface area contributed by atoms with E-state index in [2.05, 4.69) is 15.9 Å². The average molecular weight is 255 g/mol. The van der Waals surface area contributed by atoms with E-state index < -0.39 is 6.10 Å². The number of nitriles is 1. The summed E-state index contributed by atoms with van der Waals surface area (Å²) in [6.45, 7) is 0.454. The molecule has 3 N–H and O–H groups in total. The van der Waals surface area contributed by atoms with Crippen molar-refractivity contribution in [1.82, 2.24) is 0 Å². The van der Waals surface area contributed by atoms with Crippen LogP contribution >= 0.6 is 15.9 Å². The SMILES string of the molecule is N#CCC(O)c1ccc(CN)c(Br)c1. The number of hydrogen-bond donors (Lipinski definition) is 2. The van der Waals surface area contributed by atoms with Gasteiger partial charge < -0.3 is 10.8 Å². The maximum Gasteiger partial charge on any atom is 0.0920 e. The van der Waals surface area contributed by atoms with E-state index in [1.54, 1.807) is 12.1 Å². The summed E-state index contributed by atoms with van der Waals surface area (Å²) in [5.41, 5.74) is 7.21. The number of nitrogens with zero attached hydrogens (tertiary/aromatic N) is 1. The smallest absolute Gasteiger partial charge is 0.0920 e. The number of aliphatic hydroxyl groups is 1. The third-order valence-electron chi connectivity index (χ3n) is 1.97. The van der Waals surface area contributed by atoms with Crippen molar-refractivity contribution in [2.24, 2.45) is 5.73 Å². The van der Waals surface area contributed by atoms with E-state index in [9.17, 15) is 5.11 Å². The molecule has 1 rings (SSSR count). The zero-order valence-electron chi connectivity index (χ0n) is 7.57. The molecule has 3 nitrogen and oxygen atoms in total. The highest BCUT2D eigenvalue weighted by Gasteiger charge is 2.08. The molecule has 0 saturated heterocycles. The van der Waals surface area contributed by atoms with Gasteiger partial charge in [-0.15, -0.1) is 0 Å². The Morgan fingerprint density at radius 2 is 2.29 bits per heavy atom. The van der Waals surface area contributed by atoms with Crippen molar-refractivity contribution < 1.29 is 5.11 Å². The van der Waals surface area contributed by atoms with Gasteiger partial charge in [-0.2, -0.15) is 5.26 Å². The van der Waals surface area contributed by atoms with Gasteiger partial charge in [0, 0.05) is 11.0 Å². The molecule has 74 valence electrons. The Kier molecular flexibility index (Phi) is 4.08. The van der Waals surface area contributed by atoms with Crippen LogP contribution in [0.15, 0.2) is 22.7 Å². The second kappa shape index (κ2) is 5.11. The van der Waals surface area contributed by atoms with Crippen molar-refractivity contribution in [2.75, 3.05) is 0 Å². The van der Waals surface area contributed by atoms with Gasteiger partial charge in [0.2, 0.25) is 0 Å². The van der Waals surface area contributed by atoms with Crippen LogP contribution in [-0.4, -0.2) is 5.11 Å². The van der Waals surface area contributed by atoms with Gasteiger partial charge in [0.1, 0.15) is 0 Å². The van der Waals surface area contributed by atoms with Crippen LogP contribution in [0.2, 0.25) is 0 Å². The van der Waals surface area contributed by atoms with Crippen molar-refractivity contribution in [1.29, 1.82) is 5.26 Å². The fraction of sp³-hybridized carbons (Fsp3) is 0.300. The Balaban J connectivity index is 2.92. The Labute approximate surface area is 91.3 Å². The van der Waals surface area contributed by atoms with Crippen LogP contribution in [-0.2, 0) is 6.54 Å². The molecule has 0 amide bonds. The molecule has 0 aliphatic carbocycles. The van der Waals surface area contributed by atoms with Crippen molar-refractivity contribution in [3.05, 3.63) is 33.8 Å². The van der Waals surface area contributed by atoms with Crippen LogP contribution in [0, 0.1) is 11.3 Å². The standard InChI is InChI=1S/C10H11BrN2O/c11-9-5-7(10(14)3-4-12)1-2-8(9)6-13/h1-2,5,10,14H,3,6,13H2. The normalized spacial score (nSPS) is 12.1. The summed E-state index contributed by atoms with van der Waals surface area (Å²) >= 11 is 3.35. The molecule has 1 unspecified atom stereocenters. The molecule has 0 aliphatic heterocycles. The van der Waals surface area contributed by atoms with Crippen molar-refractivity contribution in [3.8, 4) is 6.07 Å². The lowest BCUT2D eigenvalue weighted by Crippen LogP contribution is -2.00. The second-order valence-corrected chi connectivity index (χ2v) is 3.79. The lowest BCUT2D eigenvalue weighted by atomic mass is 10.1. The van der Waals surface area contributed by atoms with Crippen LogP contribution < -0.4 is 5.73 Å². The minimum Gasteiger partial charge on any atom is -0.387 e. The lowest BCUT2D eigenvalue weighted by Gasteiger charge is -2.09. The van der Waals surface area contributed by atoms with E-state index in [1.807, 2.05) is 12.1 Å². The van der Waals surface area contributed by atoms with Crippen LogP contribution in [0.5, 0.6) is 0 Å². The van der Waals surface area contributed by atoms with E-state index >= 15 is 0 Å². The van der Waals surface area contributed by atoms with Gasteiger partial charge in [-0.25, -0.2) is 0 Å². The minimum absolute atomic E-state index is 0.106. The predicted octanol–water partition coefficient (Wildman–Crippen LogP) is 1.85. The molecule has 0 spiro atoms. The fourth-order valence-corrected chi connectivity index (χ4v) is 1.70. The number of benzene rings is 1. The highest BCUT2D eigenvalue weighted by atomic mass is 79.9. The number of nitrogens with two attached hydrogens (primary N) is 1. The molecule has 0 bridgehead atoms. The third-order valence-corrected chi connectivity index (χ3v) is 2.70. The van der Waals surface area contributed by atoms with Gasteiger partial charge in [0.15, 0.2) is 0 Å². The first-order valence-electron chi connectivity index (χ1n) is 4.22. The van der Waals surface area contributed by atoms with E-state index in [1.165, 1.54) is 0 Å². The average Bonchev–Trinajstić information content (AvgIpc) is 2.18. The van der Waals surface area contributed by atoms with E-state index in [4.69, 9.17) is 11.0 Å². The highest BCUT2D eigenvalue weighted by molar-refractivity contribution is 9.10. The second-order valence-electron chi connectivity index (χ2n) is 2.93. The van der Waals surface area contributed by atoms with Crippen LogP contribution in [0.1, 0.15) is 23.7 Å². The monoisotopic (exact) mass is 254 g/mol. The Morgan fingerprint density at radius 1 is 1.57 bits per heavy atom. The molecule has 0 saturated carbocycles. The fourth-order valence-electron chi connectivity index (χ4n) is 1.14. The summed E-state index contributed by atoms with van der Waals surface area (Å²) in [5, 5.41) is 18.0. The molecule has 0 heterocycles. The number of hydrogen-bond acceptors (Lipinski definition) is 3. The summed E-state index contributed by atoms with van der Waals surface area (Å²) in [6.07, 6.45) is -0.614. The summed E-state index contributed by atoms with van der Waals surface area (Å²) in [6, 6.07) is 7.35. The summed E-state index contributed by atoms with van der Waals surface area (Å²) < 4.78 is 0.870. The summed E-state index contributed by atoms with van der Waals surface area (Å²) in [5.74, 6) is 0. The molecule has 0 fully saturated rings. The lowest BCUT2D eigenvalue weighted by molar-refractivity contribution is 0.183. The Hall–Kier alpha value is -0.890. The number of rotatable bonds is 3. The zero-order valence-corrected chi connectivity index (χ0v) is 9.16. The number of halogens is 1. The van der Waals surface area contributed by atoms with Gasteiger partial charge >= 0.3 is 0 Å². The van der Waals surface area contributed by atoms with Gasteiger partial charge in [0.25, 0.3) is 0 Å².